The lowest BCUT2D eigenvalue weighted by Gasteiger charge is -2.23. The van der Waals surface area contributed by atoms with Crippen LogP contribution in [0.15, 0.2) is 58.3 Å². The van der Waals surface area contributed by atoms with Crippen LogP contribution in [-0.4, -0.2) is 40.2 Å². The molecule has 2 rings (SSSR count). The Balaban J connectivity index is 2.15. The molecule has 0 amide bonds. The predicted molar refractivity (Wildman–Crippen MR) is 105 cm³/mol. The van der Waals surface area contributed by atoms with Gasteiger partial charge in [-0.2, -0.15) is 0 Å². The maximum atomic E-state index is 12.7. The van der Waals surface area contributed by atoms with Crippen LogP contribution >= 0.6 is 0 Å². The number of Topliss-reactive ketones (excluding diaryl/α,β-unsaturated/α-hetero) is 1. The van der Waals surface area contributed by atoms with E-state index in [0.717, 1.165) is 12.1 Å². The summed E-state index contributed by atoms with van der Waals surface area (Å²) in [7, 11) is -7.86. The molecule has 0 aliphatic heterocycles. The number of carboxylic acid groups (broad SMARTS) is 1. The summed E-state index contributed by atoms with van der Waals surface area (Å²) >= 11 is 0. The summed E-state index contributed by atoms with van der Waals surface area (Å²) in [6.07, 6.45) is 0. The van der Waals surface area contributed by atoms with Crippen LogP contribution in [-0.2, 0) is 20.0 Å². The van der Waals surface area contributed by atoms with Gasteiger partial charge in [0.25, 0.3) is 0 Å². The SMILES string of the molecule is CC(C)(CNS(=O)(=O)c1ccc(C(=O)O)cc1)C(=O)c1ccc(S(N)(=O)=O)cc1. The minimum absolute atomic E-state index is 0.0533. The first-order valence-electron chi connectivity index (χ1n) is 8.25. The van der Waals surface area contributed by atoms with Gasteiger partial charge < -0.3 is 5.11 Å². The molecule has 0 saturated heterocycles. The molecule has 0 atom stereocenters. The lowest BCUT2D eigenvalue weighted by atomic mass is 9.84. The summed E-state index contributed by atoms with van der Waals surface area (Å²) in [6, 6.07) is 9.67. The zero-order chi connectivity index (χ0) is 22.0. The molecule has 9 nitrogen and oxygen atoms in total. The number of aromatic carboxylic acids is 1. The van der Waals surface area contributed by atoms with Crippen molar-refractivity contribution in [1.29, 1.82) is 0 Å². The van der Waals surface area contributed by atoms with Crippen LogP contribution in [0, 0.1) is 5.41 Å². The van der Waals surface area contributed by atoms with Gasteiger partial charge in [0, 0.05) is 17.5 Å². The van der Waals surface area contributed by atoms with Gasteiger partial charge in [-0.3, -0.25) is 4.79 Å². The first-order chi connectivity index (χ1) is 13.2. The quantitative estimate of drug-likeness (QED) is 0.520. The molecule has 0 radical (unpaired) electrons. The molecule has 156 valence electrons. The fraction of sp³-hybridized carbons (Fsp3) is 0.222. The fourth-order valence-corrected chi connectivity index (χ4v) is 4.13. The second kappa shape index (κ2) is 8.03. The molecule has 0 bridgehead atoms. The van der Waals surface area contributed by atoms with Crippen molar-refractivity contribution in [2.45, 2.75) is 23.6 Å². The molecule has 0 aliphatic rings. The molecule has 4 N–H and O–H groups in total. The van der Waals surface area contributed by atoms with E-state index in [4.69, 9.17) is 10.2 Å². The average molecular weight is 440 g/mol. The third kappa shape index (κ3) is 5.48. The summed E-state index contributed by atoms with van der Waals surface area (Å²) in [6.45, 7) is 2.85. The average Bonchev–Trinajstić information content (AvgIpc) is 2.65. The van der Waals surface area contributed by atoms with E-state index in [2.05, 4.69) is 4.72 Å². The summed E-state index contributed by atoms with van der Waals surface area (Å²) < 4.78 is 49.8. The number of hydrogen-bond acceptors (Lipinski definition) is 6. The van der Waals surface area contributed by atoms with Gasteiger partial charge in [0.15, 0.2) is 5.78 Å². The standard InChI is InChI=1S/C18H20N2O7S2/c1-18(2,16(21)12-3-7-14(8-4-12)28(19,24)25)11-20-29(26,27)15-9-5-13(6-10-15)17(22)23/h3-10,20H,11H2,1-2H3,(H,22,23)(H2,19,24,25). The number of benzene rings is 2. The lowest BCUT2D eigenvalue weighted by Crippen LogP contribution is -2.39. The topological polar surface area (TPSA) is 161 Å². The zero-order valence-corrected chi connectivity index (χ0v) is 17.2. The van der Waals surface area contributed by atoms with Crippen LogP contribution in [0.5, 0.6) is 0 Å². The largest absolute Gasteiger partial charge is 0.478 e. The third-order valence-electron chi connectivity index (χ3n) is 4.18. The Morgan fingerprint density at radius 1 is 0.897 bits per heavy atom. The number of carboxylic acids is 1. The van der Waals surface area contributed by atoms with E-state index in [1.165, 1.54) is 36.4 Å². The van der Waals surface area contributed by atoms with Crippen LogP contribution in [0.1, 0.15) is 34.6 Å². The third-order valence-corrected chi connectivity index (χ3v) is 6.52. The zero-order valence-electron chi connectivity index (χ0n) is 15.6. The molecule has 11 heteroatoms. The highest BCUT2D eigenvalue weighted by Crippen LogP contribution is 2.23. The van der Waals surface area contributed by atoms with Crippen molar-refractivity contribution in [3.63, 3.8) is 0 Å². The van der Waals surface area contributed by atoms with E-state index in [0.29, 0.717) is 0 Å². The summed E-state index contributed by atoms with van der Waals surface area (Å²) in [4.78, 5) is 23.3. The Morgan fingerprint density at radius 3 is 1.79 bits per heavy atom. The molecule has 29 heavy (non-hydrogen) atoms. The maximum Gasteiger partial charge on any atom is 0.335 e. The van der Waals surface area contributed by atoms with Crippen molar-refractivity contribution in [2.24, 2.45) is 10.6 Å². The van der Waals surface area contributed by atoms with Gasteiger partial charge in [-0.05, 0) is 36.4 Å². The van der Waals surface area contributed by atoms with Gasteiger partial charge in [-0.1, -0.05) is 26.0 Å². The molecular weight excluding hydrogens is 420 g/mol. The Morgan fingerprint density at radius 2 is 1.34 bits per heavy atom. The van der Waals surface area contributed by atoms with Crippen molar-refractivity contribution in [2.75, 3.05) is 6.54 Å². The van der Waals surface area contributed by atoms with E-state index in [1.807, 2.05) is 0 Å². The number of hydrogen-bond donors (Lipinski definition) is 3. The van der Waals surface area contributed by atoms with Crippen molar-refractivity contribution < 1.29 is 31.5 Å². The second-order valence-corrected chi connectivity index (χ2v) is 10.3. The summed E-state index contributed by atoms with van der Waals surface area (Å²) in [5, 5.41) is 13.9. The minimum atomic E-state index is -3.97. The normalized spacial score (nSPS) is 12.5. The van der Waals surface area contributed by atoms with E-state index >= 15 is 0 Å². The van der Waals surface area contributed by atoms with E-state index < -0.39 is 37.2 Å². The van der Waals surface area contributed by atoms with Gasteiger partial charge in [0.05, 0.1) is 15.4 Å². The van der Waals surface area contributed by atoms with E-state index in [9.17, 15) is 26.4 Å². The number of primary sulfonamides is 1. The predicted octanol–water partition coefficient (Wildman–Crippen LogP) is 1.22. The van der Waals surface area contributed by atoms with Crippen molar-refractivity contribution >= 4 is 31.8 Å². The highest BCUT2D eigenvalue weighted by atomic mass is 32.2. The molecule has 0 aliphatic carbocycles. The van der Waals surface area contributed by atoms with Gasteiger partial charge in [0.1, 0.15) is 0 Å². The molecule has 0 fully saturated rings. The smallest absolute Gasteiger partial charge is 0.335 e. The van der Waals surface area contributed by atoms with Crippen LogP contribution in [0.25, 0.3) is 0 Å². The number of ketones is 1. The van der Waals surface area contributed by atoms with Crippen molar-refractivity contribution in [3.8, 4) is 0 Å². The van der Waals surface area contributed by atoms with Crippen LogP contribution in [0.3, 0.4) is 0 Å². The van der Waals surface area contributed by atoms with Gasteiger partial charge in [0.2, 0.25) is 20.0 Å². The molecular formula is C18H20N2O7S2. The number of nitrogens with two attached hydrogens (primary N) is 1. The highest BCUT2D eigenvalue weighted by molar-refractivity contribution is 7.89. The Bertz CT molecular complexity index is 1140. The number of carbonyl (C=O) groups excluding carboxylic acids is 1. The summed E-state index contributed by atoms with van der Waals surface area (Å²) in [5.74, 6) is -1.58. The highest BCUT2D eigenvalue weighted by Gasteiger charge is 2.31. The molecule has 2 aromatic carbocycles. The summed E-state index contributed by atoms with van der Waals surface area (Å²) in [5.41, 5.74) is -0.994. The molecule has 0 unspecified atom stereocenters. The van der Waals surface area contributed by atoms with Crippen molar-refractivity contribution in [3.05, 3.63) is 59.7 Å². The molecule has 0 heterocycles. The maximum absolute atomic E-state index is 12.7. The number of rotatable bonds is 8. The molecule has 0 aromatic heterocycles. The Labute approximate surface area is 168 Å². The van der Waals surface area contributed by atoms with Crippen molar-refractivity contribution in [1.82, 2.24) is 4.72 Å². The van der Waals surface area contributed by atoms with Crippen LogP contribution < -0.4 is 9.86 Å². The van der Waals surface area contributed by atoms with Gasteiger partial charge >= 0.3 is 5.97 Å². The van der Waals surface area contributed by atoms with Crippen LogP contribution in [0.4, 0.5) is 0 Å². The Hall–Kier alpha value is -2.60. The molecule has 0 spiro atoms. The second-order valence-electron chi connectivity index (χ2n) is 6.94. The van der Waals surface area contributed by atoms with E-state index in [1.54, 1.807) is 13.8 Å². The first-order valence-corrected chi connectivity index (χ1v) is 11.3. The monoisotopic (exact) mass is 440 g/mol. The van der Waals surface area contributed by atoms with Crippen LogP contribution in [0.2, 0.25) is 0 Å². The molecule has 0 saturated carbocycles. The minimum Gasteiger partial charge on any atom is -0.478 e. The lowest BCUT2D eigenvalue weighted by molar-refractivity contribution is 0.0696. The van der Waals surface area contributed by atoms with E-state index in [-0.39, 0.29) is 27.5 Å². The van der Waals surface area contributed by atoms with Gasteiger partial charge in [-0.25, -0.2) is 31.5 Å². The number of nitrogens with one attached hydrogen (secondary N) is 1. The Kier molecular flexibility index (Phi) is 6.28. The number of sulfonamides is 2. The first kappa shape index (κ1) is 22.7. The number of carbonyl (C=O) groups is 2. The van der Waals surface area contributed by atoms with Gasteiger partial charge in [-0.15, -0.1) is 0 Å². The molecule has 2 aromatic rings. The fourth-order valence-electron chi connectivity index (χ4n) is 2.40.